The van der Waals surface area contributed by atoms with Crippen molar-refractivity contribution in [2.75, 3.05) is 0 Å². The monoisotopic (exact) mass is 312 g/mol. The van der Waals surface area contributed by atoms with Gasteiger partial charge in [0.05, 0.1) is 11.9 Å². The average Bonchev–Trinajstić information content (AvgIpc) is 2.43. The van der Waals surface area contributed by atoms with Crippen LogP contribution in [0.15, 0.2) is 4.99 Å². The molecular weight excluding hydrogens is 280 g/mol. The van der Waals surface area contributed by atoms with Crippen molar-refractivity contribution in [3.63, 3.8) is 0 Å². The fourth-order valence-corrected chi connectivity index (χ4v) is 8.82. The highest BCUT2D eigenvalue weighted by molar-refractivity contribution is 5.57. The molecule has 1 N–H and O–H groups in total. The first-order valence-corrected chi connectivity index (χ1v) is 10.5. The molecule has 2 heteroatoms. The van der Waals surface area contributed by atoms with E-state index < -0.39 is 0 Å². The van der Waals surface area contributed by atoms with Crippen molar-refractivity contribution in [1.82, 2.24) is 5.32 Å². The molecule has 23 heavy (non-hydrogen) atoms. The zero-order valence-corrected chi connectivity index (χ0v) is 14.5. The maximum Gasteiger partial charge on any atom is 0.0835 e. The van der Waals surface area contributed by atoms with Gasteiger partial charge in [-0.05, 0) is 113 Å². The van der Waals surface area contributed by atoms with E-state index in [1.54, 1.807) is 0 Å². The smallest absolute Gasteiger partial charge is 0.0835 e. The van der Waals surface area contributed by atoms with Crippen LogP contribution in [0.4, 0.5) is 0 Å². The normalized spacial score (nSPS) is 59.1. The van der Waals surface area contributed by atoms with Gasteiger partial charge in [-0.15, -0.1) is 0 Å². The second-order valence-electron chi connectivity index (χ2n) is 10.7. The quantitative estimate of drug-likeness (QED) is 0.600. The number of hydrogen-bond acceptors (Lipinski definition) is 1. The fourth-order valence-electron chi connectivity index (χ4n) is 8.82. The van der Waals surface area contributed by atoms with E-state index in [2.05, 4.69) is 11.7 Å². The maximum atomic E-state index is 5.26. The number of nitrogens with zero attached hydrogens (tertiary/aromatic N) is 1. The van der Waals surface area contributed by atoms with Crippen molar-refractivity contribution >= 4 is 6.34 Å². The molecule has 0 unspecified atom stereocenters. The van der Waals surface area contributed by atoms with E-state index in [0.717, 1.165) is 35.5 Å². The van der Waals surface area contributed by atoms with Gasteiger partial charge in [0.2, 0.25) is 0 Å². The van der Waals surface area contributed by atoms with Gasteiger partial charge in [-0.25, -0.2) is 0 Å². The summed E-state index contributed by atoms with van der Waals surface area (Å²) in [6.07, 6.45) is 19.9. The second kappa shape index (κ2) is 4.55. The lowest BCUT2D eigenvalue weighted by Gasteiger charge is -2.57. The molecule has 0 spiro atoms. The van der Waals surface area contributed by atoms with E-state index in [1.165, 1.54) is 77.0 Å². The summed E-state index contributed by atoms with van der Waals surface area (Å²) in [6, 6.07) is 0. The van der Waals surface area contributed by atoms with Gasteiger partial charge in [0.25, 0.3) is 0 Å². The molecule has 8 aliphatic carbocycles. The Morgan fingerprint density at radius 2 is 1.00 bits per heavy atom. The summed E-state index contributed by atoms with van der Waals surface area (Å²) in [5.41, 5.74) is 0.796. The van der Waals surface area contributed by atoms with Crippen molar-refractivity contribution in [2.45, 2.75) is 88.1 Å². The second-order valence-corrected chi connectivity index (χ2v) is 10.7. The van der Waals surface area contributed by atoms with E-state index in [9.17, 15) is 0 Å². The molecule has 126 valence electrons. The summed E-state index contributed by atoms with van der Waals surface area (Å²) in [5.74, 6) is 6.12. The summed E-state index contributed by atoms with van der Waals surface area (Å²) in [6.45, 7) is 0. The van der Waals surface area contributed by atoms with Gasteiger partial charge in [-0.2, -0.15) is 0 Å². The van der Waals surface area contributed by atoms with Crippen LogP contribution in [0.1, 0.15) is 77.0 Å². The number of rotatable bonds is 3. The molecular formula is C21H32N2. The average molecular weight is 313 g/mol. The molecule has 0 radical (unpaired) electrons. The summed E-state index contributed by atoms with van der Waals surface area (Å²) >= 11 is 0. The van der Waals surface area contributed by atoms with Crippen LogP contribution in [0.2, 0.25) is 0 Å². The first-order chi connectivity index (χ1) is 11.2. The highest BCUT2D eigenvalue weighted by Crippen LogP contribution is 2.58. The molecule has 0 aromatic carbocycles. The first-order valence-electron chi connectivity index (χ1n) is 10.5. The van der Waals surface area contributed by atoms with E-state index in [1.807, 2.05) is 0 Å². The van der Waals surface area contributed by atoms with Crippen molar-refractivity contribution in [1.29, 1.82) is 0 Å². The molecule has 8 aliphatic rings. The van der Waals surface area contributed by atoms with Crippen molar-refractivity contribution in [3.05, 3.63) is 0 Å². The van der Waals surface area contributed by atoms with Crippen molar-refractivity contribution in [2.24, 2.45) is 40.5 Å². The predicted molar refractivity (Wildman–Crippen MR) is 93.4 cm³/mol. The lowest BCUT2D eigenvalue weighted by Crippen LogP contribution is -2.58. The van der Waals surface area contributed by atoms with Crippen LogP contribution < -0.4 is 5.32 Å². The lowest BCUT2D eigenvalue weighted by atomic mass is 9.53. The van der Waals surface area contributed by atoms with E-state index in [-0.39, 0.29) is 0 Å². The third-order valence-electron chi connectivity index (χ3n) is 8.75. The van der Waals surface area contributed by atoms with Crippen molar-refractivity contribution < 1.29 is 0 Å². The highest BCUT2D eigenvalue weighted by atomic mass is 15.1. The molecule has 0 aromatic rings. The van der Waals surface area contributed by atoms with Gasteiger partial charge in [-0.3, -0.25) is 4.99 Å². The Labute approximate surface area is 140 Å². The highest BCUT2D eigenvalue weighted by Gasteiger charge is 2.52. The summed E-state index contributed by atoms with van der Waals surface area (Å²) < 4.78 is 0. The van der Waals surface area contributed by atoms with E-state index in [0.29, 0.717) is 11.1 Å². The van der Waals surface area contributed by atoms with Gasteiger partial charge in [0, 0.05) is 5.54 Å². The molecule has 0 aromatic heterocycles. The zero-order valence-electron chi connectivity index (χ0n) is 14.5. The van der Waals surface area contributed by atoms with Crippen molar-refractivity contribution in [3.8, 4) is 0 Å². The Hall–Kier alpha value is -0.530. The number of aliphatic imine (C=N–C) groups is 1. The van der Waals surface area contributed by atoms with Gasteiger partial charge >= 0.3 is 0 Å². The number of hydrogen-bond donors (Lipinski definition) is 1. The van der Waals surface area contributed by atoms with Crippen LogP contribution in [0.5, 0.6) is 0 Å². The molecule has 8 rings (SSSR count). The summed E-state index contributed by atoms with van der Waals surface area (Å²) in [7, 11) is 0. The van der Waals surface area contributed by atoms with E-state index in [4.69, 9.17) is 4.99 Å². The van der Waals surface area contributed by atoms with Crippen LogP contribution in [-0.2, 0) is 0 Å². The van der Waals surface area contributed by atoms with Gasteiger partial charge in [-0.1, -0.05) is 0 Å². The maximum absolute atomic E-state index is 5.26. The third kappa shape index (κ3) is 2.15. The topological polar surface area (TPSA) is 24.4 Å². The lowest BCUT2D eigenvalue weighted by molar-refractivity contribution is -0.0108. The SMILES string of the molecule is C(=N\C12CC3CC(CC(C3)C1)C2)/NC12CC3CC(CC(C3)C1)C2. The molecule has 2 nitrogen and oxygen atoms in total. The van der Waals surface area contributed by atoms with Crippen LogP contribution in [0.25, 0.3) is 0 Å². The predicted octanol–water partition coefficient (Wildman–Crippen LogP) is 4.54. The minimum atomic E-state index is 0.351. The molecule has 0 heterocycles. The Bertz CT molecular complexity index is 463. The Kier molecular flexibility index (Phi) is 2.71. The minimum absolute atomic E-state index is 0.351. The molecule has 8 fully saturated rings. The molecule has 0 amide bonds. The van der Waals surface area contributed by atoms with Crippen LogP contribution in [0, 0.1) is 35.5 Å². The molecule has 8 bridgehead atoms. The Morgan fingerprint density at radius 3 is 1.43 bits per heavy atom. The van der Waals surface area contributed by atoms with Gasteiger partial charge < -0.3 is 5.32 Å². The van der Waals surface area contributed by atoms with E-state index >= 15 is 0 Å². The Morgan fingerprint density at radius 1 is 0.609 bits per heavy atom. The first kappa shape index (κ1) is 13.7. The Balaban J connectivity index is 1.19. The molecule has 8 saturated carbocycles. The van der Waals surface area contributed by atoms with Gasteiger partial charge in [0.15, 0.2) is 0 Å². The summed E-state index contributed by atoms with van der Waals surface area (Å²) in [5, 5.41) is 3.91. The minimum Gasteiger partial charge on any atom is -0.371 e. The van der Waals surface area contributed by atoms with Crippen LogP contribution >= 0.6 is 0 Å². The fraction of sp³-hybridized carbons (Fsp3) is 0.952. The third-order valence-corrected chi connectivity index (χ3v) is 8.75. The summed E-state index contributed by atoms with van der Waals surface area (Å²) in [4.78, 5) is 5.26. The molecule has 0 atom stereocenters. The van der Waals surface area contributed by atoms with Crippen LogP contribution in [0.3, 0.4) is 0 Å². The number of nitrogens with one attached hydrogen (secondary N) is 1. The standard InChI is InChI=1S/C21H32N2/c1-14-2-16-3-15(1)8-20(7-14,9-16)22-13-23-21-10-17-4-18(11-21)6-19(5-17)12-21/h13-19H,1-12H2,(H,22,23). The largest absolute Gasteiger partial charge is 0.371 e. The molecule has 0 saturated heterocycles. The molecule has 0 aliphatic heterocycles. The zero-order chi connectivity index (χ0) is 15.1. The van der Waals surface area contributed by atoms with Gasteiger partial charge in [0.1, 0.15) is 0 Å². The van der Waals surface area contributed by atoms with Crippen LogP contribution in [-0.4, -0.2) is 17.4 Å².